The second kappa shape index (κ2) is 7.03. The molecule has 1 aromatic carbocycles. The maximum absolute atomic E-state index is 12.9. The number of thiophene rings is 1. The first-order chi connectivity index (χ1) is 12.6. The number of fused-ring (bicyclic) bond motifs is 1. The number of aromatic nitrogens is 2. The Bertz CT molecular complexity index is 1150. The summed E-state index contributed by atoms with van der Waals surface area (Å²) in [7, 11) is 0. The zero-order valence-electron chi connectivity index (χ0n) is 13.3. The highest BCUT2D eigenvalue weighted by Gasteiger charge is 2.18. The van der Waals surface area contributed by atoms with Gasteiger partial charge < -0.3 is 5.32 Å². The smallest absolute Gasteiger partial charge is 0.271 e. The number of carbonyl (C=O) groups excluding carboxylic acids is 1. The molecule has 3 heterocycles. The monoisotopic (exact) mass is 401 g/mol. The fourth-order valence-electron chi connectivity index (χ4n) is 2.58. The Morgan fingerprint density at radius 1 is 1.19 bits per heavy atom. The van der Waals surface area contributed by atoms with Gasteiger partial charge in [-0.15, -0.1) is 22.7 Å². The summed E-state index contributed by atoms with van der Waals surface area (Å²) in [5.41, 5.74) is 0.946. The van der Waals surface area contributed by atoms with Crippen LogP contribution in [0.15, 0.2) is 58.1 Å². The average molecular weight is 402 g/mol. The normalized spacial score (nSPS) is 11.0. The van der Waals surface area contributed by atoms with E-state index in [1.54, 1.807) is 17.4 Å². The highest BCUT2D eigenvalue weighted by Crippen LogP contribution is 2.29. The van der Waals surface area contributed by atoms with Gasteiger partial charge in [0.1, 0.15) is 5.56 Å². The number of halogens is 1. The molecule has 0 bridgehead atoms. The molecule has 1 amide bonds. The summed E-state index contributed by atoms with van der Waals surface area (Å²) in [5.74, 6) is -0.443. The Morgan fingerprint density at radius 3 is 2.81 bits per heavy atom. The molecule has 5 nitrogen and oxygen atoms in total. The number of benzene rings is 1. The van der Waals surface area contributed by atoms with E-state index < -0.39 is 11.5 Å². The van der Waals surface area contributed by atoms with Crippen molar-refractivity contribution in [2.75, 3.05) is 0 Å². The summed E-state index contributed by atoms with van der Waals surface area (Å²) < 4.78 is 1.44. The lowest BCUT2D eigenvalue weighted by atomic mass is 10.2. The van der Waals surface area contributed by atoms with Crippen LogP contribution in [0.5, 0.6) is 0 Å². The quantitative estimate of drug-likeness (QED) is 0.560. The number of hydrogen-bond donors (Lipinski definition) is 1. The fraction of sp³-hybridized carbons (Fsp3) is 0.0556. The van der Waals surface area contributed by atoms with Crippen molar-refractivity contribution >= 4 is 45.1 Å². The number of rotatable bonds is 4. The summed E-state index contributed by atoms with van der Waals surface area (Å²) in [6.45, 7) is 0.375. The number of thiazole rings is 1. The largest absolute Gasteiger partial charge is 0.347 e. The predicted molar refractivity (Wildman–Crippen MR) is 105 cm³/mol. The van der Waals surface area contributed by atoms with Crippen LogP contribution in [0.3, 0.4) is 0 Å². The van der Waals surface area contributed by atoms with Crippen molar-refractivity contribution in [3.63, 3.8) is 0 Å². The van der Waals surface area contributed by atoms with Crippen molar-refractivity contribution in [1.29, 1.82) is 0 Å². The molecular formula is C18H12ClN3O2S2. The van der Waals surface area contributed by atoms with Crippen molar-refractivity contribution in [2.45, 2.75) is 6.54 Å². The molecule has 0 saturated carbocycles. The molecule has 0 unspecified atom stereocenters. The van der Waals surface area contributed by atoms with Gasteiger partial charge in [0.2, 0.25) is 0 Å². The minimum Gasteiger partial charge on any atom is -0.347 e. The maximum Gasteiger partial charge on any atom is 0.271 e. The van der Waals surface area contributed by atoms with Gasteiger partial charge in [0.25, 0.3) is 11.5 Å². The van der Waals surface area contributed by atoms with Crippen LogP contribution in [0.4, 0.5) is 0 Å². The van der Waals surface area contributed by atoms with Crippen molar-refractivity contribution in [1.82, 2.24) is 14.7 Å². The number of hydrogen-bond acceptors (Lipinski definition) is 5. The molecule has 4 aromatic rings. The van der Waals surface area contributed by atoms with Crippen molar-refractivity contribution in [2.24, 2.45) is 0 Å². The second-order valence-electron chi connectivity index (χ2n) is 5.46. The Morgan fingerprint density at radius 2 is 2.04 bits per heavy atom. The van der Waals surface area contributed by atoms with Gasteiger partial charge in [-0.3, -0.25) is 14.0 Å². The van der Waals surface area contributed by atoms with Crippen LogP contribution in [0, 0.1) is 0 Å². The van der Waals surface area contributed by atoms with E-state index in [0.717, 1.165) is 10.4 Å². The van der Waals surface area contributed by atoms with Gasteiger partial charge in [-0.2, -0.15) is 0 Å². The molecule has 26 heavy (non-hydrogen) atoms. The van der Waals surface area contributed by atoms with Crippen molar-refractivity contribution in [3.8, 4) is 11.3 Å². The molecule has 0 aliphatic rings. The highest BCUT2D eigenvalue weighted by atomic mass is 35.5. The summed E-state index contributed by atoms with van der Waals surface area (Å²) >= 11 is 9.14. The summed E-state index contributed by atoms with van der Waals surface area (Å²) in [5, 5.41) is 7.05. The van der Waals surface area contributed by atoms with E-state index in [4.69, 9.17) is 11.6 Å². The van der Waals surface area contributed by atoms with E-state index in [1.165, 1.54) is 21.9 Å². The second-order valence-corrected chi connectivity index (χ2v) is 7.73. The molecule has 0 atom stereocenters. The molecule has 0 aliphatic carbocycles. The third-order valence-corrected chi connectivity index (χ3v) is 5.89. The van der Waals surface area contributed by atoms with E-state index in [1.807, 2.05) is 41.1 Å². The molecule has 3 aromatic heterocycles. The van der Waals surface area contributed by atoms with Crippen molar-refractivity contribution < 1.29 is 4.79 Å². The topological polar surface area (TPSA) is 63.5 Å². The fourth-order valence-corrected chi connectivity index (χ4v) is 4.31. The average Bonchev–Trinajstić information content (AvgIpc) is 3.30. The lowest BCUT2D eigenvalue weighted by Gasteiger charge is -2.06. The molecule has 4 rings (SSSR count). The Hall–Kier alpha value is -2.48. The molecule has 0 radical (unpaired) electrons. The van der Waals surface area contributed by atoms with Crippen molar-refractivity contribution in [3.05, 3.63) is 79.2 Å². The first-order valence-electron chi connectivity index (χ1n) is 7.70. The minimum absolute atomic E-state index is 0.00533. The molecular weight excluding hydrogens is 390 g/mol. The van der Waals surface area contributed by atoms with Gasteiger partial charge in [0, 0.05) is 27.0 Å². The third kappa shape index (κ3) is 3.05. The van der Waals surface area contributed by atoms with Crippen LogP contribution in [0.1, 0.15) is 15.2 Å². The van der Waals surface area contributed by atoms with Crippen LogP contribution in [0.2, 0.25) is 5.02 Å². The Balaban J connectivity index is 1.75. The van der Waals surface area contributed by atoms with E-state index in [-0.39, 0.29) is 5.56 Å². The number of nitrogens with zero attached hydrogens (tertiary/aromatic N) is 2. The number of amides is 1. The lowest BCUT2D eigenvalue weighted by Crippen LogP contribution is -2.31. The molecule has 0 saturated heterocycles. The molecule has 0 fully saturated rings. The van der Waals surface area contributed by atoms with Gasteiger partial charge in [0.15, 0.2) is 4.96 Å². The van der Waals surface area contributed by atoms with Gasteiger partial charge in [-0.05, 0) is 17.5 Å². The van der Waals surface area contributed by atoms with Gasteiger partial charge >= 0.3 is 0 Å². The van der Waals surface area contributed by atoms with Crippen LogP contribution < -0.4 is 10.9 Å². The first kappa shape index (κ1) is 17.0. The SMILES string of the molecule is O=C(NCc1cccs1)c1cnc2scc(-c3ccccc3Cl)n2c1=O. The highest BCUT2D eigenvalue weighted by molar-refractivity contribution is 7.15. The lowest BCUT2D eigenvalue weighted by molar-refractivity contribution is 0.0949. The van der Waals surface area contributed by atoms with Crippen LogP contribution in [-0.2, 0) is 6.54 Å². The minimum atomic E-state index is -0.443. The van der Waals surface area contributed by atoms with Crippen LogP contribution in [-0.4, -0.2) is 15.3 Å². The summed E-state index contributed by atoms with van der Waals surface area (Å²) in [6, 6.07) is 11.1. The summed E-state index contributed by atoms with van der Waals surface area (Å²) in [4.78, 5) is 31.2. The number of nitrogens with one attached hydrogen (secondary N) is 1. The molecule has 1 N–H and O–H groups in total. The maximum atomic E-state index is 12.9. The third-order valence-electron chi connectivity index (χ3n) is 3.84. The molecule has 8 heteroatoms. The van der Waals surface area contributed by atoms with Crippen LogP contribution >= 0.6 is 34.3 Å². The Kier molecular flexibility index (Phi) is 4.58. The zero-order chi connectivity index (χ0) is 18.1. The zero-order valence-corrected chi connectivity index (χ0v) is 15.7. The predicted octanol–water partition coefficient (Wildman–Crippen LogP) is 4.07. The van der Waals surface area contributed by atoms with Gasteiger partial charge in [0.05, 0.1) is 12.2 Å². The molecule has 0 aliphatic heterocycles. The molecule has 0 spiro atoms. The van der Waals surface area contributed by atoms with E-state index in [0.29, 0.717) is 22.2 Å². The van der Waals surface area contributed by atoms with E-state index in [9.17, 15) is 9.59 Å². The van der Waals surface area contributed by atoms with Gasteiger partial charge in [-0.25, -0.2) is 4.98 Å². The first-order valence-corrected chi connectivity index (χ1v) is 9.83. The van der Waals surface area contributed by atoms with E-state index >= 15 is 0 Å². The Labute approximate surface area is 161 Å². The summed E-state index contributed by atoms with van der Waals surface area (Å²) in [6.07, 6.45) is 1.33. The standard InChI is InChI=1S/C18H12ClN3O2S2/c19-14-6-2-1-5-12(14)15-10-26-18-21-9-13(17(24)22(15)18)16(23)20-8-11-4-3-7-25-11/h1-7,9-10H,8H2,(H,20,23). The van der Waals surface area contributed by atoms with Gasteiger partial charge in [-0.1, -0.05) is 35.9 Å². The van der Waals surface area contributed by atoms with Crippen LogP contribution in [0.25, 0.3) is 16.2 Å². The van der Waals surface area contributed by atoms with E-state index in [2.05, 4.69) is 10.3 Å². The molecule has 130 valence electrons. The number of carbonyl (C=O) groups is 1.